The molecule has 0 aromatic heterocycles. The quantitative estimate of drug-likeness (QED) is 0.509. The number of benzene rings is 1. The molecule has 1 amide bonds. The number of hydrogen-bond donors (Lipinski definition) is 1. The van der Waals surface area contributed by atoms with E-state index in [4.69, 9.17) is 16.3 Å². The van der Waals surface area contributed by atoms with Crippen LogP contribution in [0, 0.1) is 0 Å². The van der Waals surface area contributed by atoms with Crippen LogP contribution >= 0.6 is 11.6 Å². The monoisotopic (exact) mass is 255 g/mol. The Morgan fingerprint density at radius 2 is 1.88 bits per heavy atom. The van der Waals surface area contributed by atoms with E-state index in [1.807, 2.05) is 0 Å². The fourth-order valence-electron chi connectivity index (χ4n) is 1.21. The molecule has 0 unspecified atom stereocenters. The summed E-state index contributed by atoms with van der Waals surface area (Å²) in [5, 5.41) is 1.72. The molecule has 0 spiro atoms. The van der Waals surface area contributed by atoms with E-state index in [0.717, 1.165) is 0 Å². The van der Waals surface area contributed by atoms with Gasteiger partial charge in [-0.3, -0.25) is 14.4 Å². The van der Waals surface area contributed by atoms with E-state index in [-0.39, 0.29) is 17.2 Å². The van der Waals surface area contributed by atoms with E-state index in [9.17, 15) is 14.4 Å². The number of carbonyl (C=O) groups excluding carboxylic acids is 3. The molecule has 1 aromatic carbocycles. The molecular formula is C11H10ClNO4. The van der Waals surface area contributed by atoms with Crippen molar-refractivity contribution in [2.24, 2.45) is 0 Å². The molecule has 1 N–H and O–H groups in total. The van der Waals surface area contributed by atoms with Crippen molar-refractivity contribution in [2.45, 2.75) is 13.8 Å². The number of nitrogens with one attached hydrogen (secondary N) is 1. The van der Waals surface area contributed by atoms with Gasteiger partial charge < -0.3 is 10.1 Å². The first-order valence-electron chi connectivity index (χ1n) is 4.70. The average molecular weight is 256 g/mol. The molecule has 0 radical (unpaired) electrons. The van der Waals surface area contributed by atoms with Crippen LogP contribution in [0.5, 0.6) is 5.75 Å². The number of ether oxygens (including phenoxy) is 1. The Morgan fingerprint density at radius 3 is 2.35 bits per heavy atom. The molecule has 0 aliphatic heterocycles. The van der Waals surface area contributed by atoms with E-state index in [1.165, 1.54) is 32.0 Å². The minimum Gasteiger partial charge on any atom is -0.426 e. The first-order valence-corrected chi connectivity index (χ1v) is 5.08. The predicted octanol–water partition coefficient (Wildman–Crippen LogP) is 1.95. The summed E-state index contributed by atoms with van der Waals surface area (Å²) < 4.78 is 4.81. The highest BCUT2D eigenvalue weighted by Crippen LogP contribution is 2.24. The minimum absolute atomic E-state index is 0.0214. The summed E-state index contributed by atoms with van der Waals surface area (Å²) in [4.78, 5) is 32.8. The molecule has 0 fully saturated rings. The van der Waals surface area contributed by atoms with Crippen molar-refractivity contribution in [3.05, 3.63) is 23.8 Å². The minimum atomic E-state index is -0.770. The van der Waals surface area contributed by atoms with Crippen molar-refractivity contribution in [2.75, 3.05) is 5.32 Å². The highest BCUT2D eigenvalue weighted by Gasteiger charge is 2.13. The van der Waals surface area contributed by atoms with Gasteiger partial charge in [-0.25, -0.2) is 0 Å². The zero-order chi connectivity index (χ0) is 13.0. The molecule has 0 bridgehead atoms. The Kier molecular flexibility index (Phi) is 4.23. The Balaban J connectivity index is 3.12. The molecule has 17 heavy (non-hydrogen) atoms. The van der Waals surface area contributed by atoms with Gasteiger partial charge in [0, 0.05) is 19.5 Å². The van der Waals surface area contributed by atoms with Gasteiger partial charge in [0.25, 0.3) is 5.24 Å². The van der Waals surface area contributed by atoms with Gasteiger partial charge in [-0.1, -0.05) is 0 Å². The Hall–Kier alpha value is -1.88. The molecule has 1 aromatic rings. The standard InChI is InChI=1S/C11H10ClNO4/c1-6(14)13-8-3-4-10(17-7(2)15)9(5-8)11(12)16/h3-5H,1-2H3,(H,13,14). The van der Waals surface area contributed by atoms with Gasteiger partial charge in [0.2, 0.25) is 5.91 Å². The van der Waals surface area contributed by atoms with Crippen molar-refractivity contribution in [1.82, 2.24) is 0 Å². The van der Waals surface area contributed by atoms with Crippen LogP contribution in [0.3, 0.4) is 0 Å². The molecule has 0 aliphatic carbocycles. The number of esters is 1. The van der Waals surface area contributed by atoms with Gasteiger partial charge in [0.1, 0.15) is 5.75 Å². The van der Waals surface area contributed by atoms with Gasteiger partial charge in [-0.15, -0.1) is 0 Å². The molecule has 6 heteroatoms. The van der Waals surface area contributed by atoms with Crippen LogP contribution in [0.4, 0.5) is 5.69 Å². The van der Waals surface area contributed by atoms with Gasteiger partial charge in [0.15, 0.2) is 0 Å². The van der Waals surface area contributed by atoms with Gasteiger partial charge in [-0.2, -0.15) is 0 Å². The summed E-state index contributed by atoms with van der Waals surface area (Å²) in [6, 6.07) is 4.24. The van der Waals surface area contributed by atoms with E-state index in [2.05, 4.69) is 5.32 Å². The average Bonchev–Trinajstić information content (AvgIpc) is 2.18. The summed E-state index contributed by atoms with van der Waals surface area (Å²) in [5.41, 5.74) is 0.422. The van der Waals surface area contributed by atoms with Crippen molar-refractivity contribution in [3.8, 4) is 5.75 Å². The maximum absolute atomic E-state index is 11.1. The summed E-state index contributed by atoms with van der Waals surface area (Å²) in [7, 11) is 0. The van der Waals surface area contributed by atoms with Crippen molar-refractivity contribution in [3.63, 3.8) is 0 Å². The maximum atomic E-state index is 11.1. The Bertz CT molecular complexity index is 484. The van der Waals surface area contributed by atoms with Gasteiger partial charge in [-0.05, 0) is 29.8 Å². The smallest absolute Gasteiger partial charge is 0.308 e. The molecule has 0 saturated heterocycles. The lowest BCUT2D eigenvalue weighted by atomic mass is 10.2. The lowest BCUT2D eigenvalue weighted by molar-refractivity contribution is -0.131. The van der Waals surface area contributed by atoms with Crippen LogP contribution in [-0.4, -0.2) is 17.1 Å². The number of halogens is 1. The molecule has 5 nitrogen and oxygen atoms in total. The van der Waals surface area contributed by atoms with Crippen molar-refractivity contribution in [1.29, 1.82) is 0 Å². The number of carbonyl (C=O) groups is 3. The lowest BCUT2D eigenvalue weighted by Crippen LogP contribution is -2.09. The third kappa shape index (κ3) is 3.88. The number of anilines is 1. The van der Waals surface area contributed by atoms with Crippen LogP contribution < -0.4 is 10.1 Å². The van der Waals surface area contributed by atoms with E-state index >= 15 is 0 Å². The number of amides is 1. The van der Waals surface area contributed by atoms with E-state index in [1.54, 1.807) is 0 Å². The van der Waals surface area contributed by atoms with E-state index in [0.29, 0.717) is 5.69 Å². The fourth-order valence-corrected chi connectivity index (χ4v) is 1.36. The molecule has 90 valence electrons. The highest BCUT2D eigenvalue weighted by atomic mass is 35.5. The predicted molar refractivity (Wildman–Crippen MR) is 62.2 cm³/mol. The zero-order valence-corrected chi connectivity index (χ0v) is 10.00. The maximum Gasteiger partial charge on any atom is 0.308 e. The second-order valence-electron chi connectivity index (χ2n) is 3.26. The third-order valence-electron chi connectivity index (χ3n) is 1.77. The highest BCUT2D eigenvalue weighted by molar-refractivity contribution is 6.68. The lowest BCUT2D eigenvalue weighted by Gasteiger charge is -2.08. The molecular weight excluding hydrogens is 246 g/mol. The summed E-state index contributed by atoms with van der Waals surface area (Å²) in [6.07, 6.45) is 0. The summed E-state index contributed by atoms with van der Waals surface area (Å²) in [5.74, 6) is -0.777. The van der Waals surface area contributed by atoms with Gasteiger partial charge in [0.05, 0.1) is 5.56 Å². The van der Waals surface area contributed by atoms with Gasteiger partial charge >= 0.3 is 5.97 Å². The summed E-state index contributed by atoms with van der Waals surface area (Å²) in [6.45, 7) is 2.55. The number of hydrogen-bond acceptors (Lipinski definition) is 4. The second kappa shape index (κ2) is 5.45. The first-order chi connectivity index (χ1) is 7.90. The van der Waals surface area contributed by atoms with Crippen LogP contribution in [0.25, 0.3) is 0 Å². The van der Waals surface area contributed by atoms with Crippen molar-refractivity contribution < 1.29 is 19.1 Å². The van der Waals surface area contributed by atoms with Crippen LogP contribution in [-0.2, 0) is 9.59 Å². The third-order valence-corrected chi connectivity index (χ3v) is 1.97. The Labute approximate surface area is 103 Å². The SMILES string of the molecule is CC(=O)Nc1ccc(OC(C)=O)c(C(=O)Cl)c1. The summed E-state index contributed by atoms with van der Waals surface area (Å²) >= 11 is 5.36. The Morgan fingerprint density at radius 1 is 1.24 bits per heavy atom. The number of rotatable bonds is 3. The zero-order valence-electron chi connectivity index (χ0n) is 9.24. The molecule has 0 saturated carbocycles. The van der Waals surface area contributed by atoms with Crippen LogP contribution in [0.2, 0.25) is 0 Å². The first kappa shape index (κ1) is 13.2. The van der Waals surface area contributed by atoms with Crippen LogP contribution in [0.15, 0.2) is 18.2 Å². The molecule has 0 heterocycles. The largest absolute Gasteiger partial charge is 0.426 e. The van der Waals surface area contributed by atoms with E-state index < -0.39 is 11.2 Å². The van der Waals surface area contributed by atoms with Crippen LogP contribution in [0.1, 0.15) is 24.2 Å². The van der Waals surface area contributed by atoms with Crippen molar-refractivity contribution >= 4 is 34.4 Å². The molecule has 0 atom stereocenters. The molecule has 1 rings (SSSR count). The molecule has 0 aliphatic rings. The topological polar surface area (TPSA) is 72.5 Å². The normalized spacial score (nSPS) is 9.59. The second-order valence-corrected chi connectivity index (χ2v) is 3.60. The fraction of sp³-hybridized carbons (Fsp3) is 0.182.